The molecule has 61 heavy (non-hydrogen) atoms. The van der Waals surface area contributed by atoms with Crippen LogP contribution < -0.4 is 5.32 Å². The summed E-state index contributed by atoms with van der Waals surface area (Å²) in [5.74, 6) is -5.65. The lowest BCUT2D eigenvalue weighted by atomic mass is 9.48. The summed E-state index contributed by atoms with van der Waals surface area (Å²) in [4.78, 5) is 82.8. The molecule has 2 aromatic carbocycles. The molecule has 1 saturated heterocycles. The van der Waals surface area contributed by atoms with Crippen molar-refractivity contribution in [1.82, 2.24) is 5.32 Å². The predicted molar refractivity (Wildman–Crippen MR) is 213 cm³/mol. The van der Waals surface area contributed by atoms with Crippen LogP contribution in [-0.4, -0.2) is 105 Å². The third-order valence-electron chi connectivity index (χ3n) is 13.2. The van der Waals surface area contributed by atoms with Crippen LogP contribution in [0.4, 0.5) is 4.79 Å². The molecule has 0 unspecified atom stereocenters. The number of nitrogens with one attached hydrogen (secondary N) is 1. The van der Waals surface area contributed by atoms with Crippen molar-refractivity contribution in [2.24, 2.45) is 22.7 Å². The smallest absolute Gasteiger partial charge is 0.408 e. The quantitative estimate of drug-likeness (QED) is 0.186. The van der Waals surface area contributed by atoms with Crippen molar-refractivity contribution in [3.05, 3.63) is 82.9 Å². The lowest BCUT2D eigenvalue weighted by Crippen LogP contribution is -2.78. The van der Waals surface area contributed by atoms with E-state index in [4.69, 9.17) is 28.4 Å². The van der Waals surface area contributed by atoms with E-state index in [0.717, 1.165) is 6.92 Å². The Morgan fingerprint density at radius 3 is 2.08 bits per heavy atom. The number of aliphatic hydroxyl groups is 2. The Morgan fingerprint density at radius 1 is 0.902 bits per heavy atom. The lowest BCUT2D eigenvalue weighted by Gasteiger charge is -2.64. The average Bonchev–Trinajstić information content (AvgIpc) is 3.90. The zero-order chi connectivity index (χ0) is 43.7. The molecule has 5 N–H and O–H groups in total. The molecule has 5 aliphatic rings. The van der Waals surface area contributed by atoms with Gasteiger partial charge in [-0.1, -0.05) is 62.4 Å². The summed E-state index contributed by atoms with van der Waals surface area (Å²) in [6, 6.07) is 14.9. The largest absolute Gasteiger partial charge is 0.456 e. The van der Waals surface area contributed by atoms with Gasteiger partial charge in [-0.25, -0.2) is 14.4 Å². The molecule has 11 atom stereocenters. The maximum atomic E-state index is 15.4. The van der Waals surface area contributed by atoms with Crippen LogP contribution in [0.15, 0.2) is 71.8 Å². The highest BCUT2D eigenvalue weighted by molar-refractivity contribution is 5.97. The molecule has 1 spiro atoms. The zero-order valence-electron chi connectivity index (χ0n) is 35.5. The first-order chi connectivity index (χ1) is 28.1. The van der Waals surface area contributed by atoms with Crippen LogP contribution in [0.25, 0.3) is 0 Å². The molecule has 7 rings (SSSR count). The third-order valence-corrected chi connectivity index (χ3v) is 13.2. The van der Waals surface area contributed by atoms with Gasteiger partial charge in [0, 0.05) is 31.1 Å². The summed E-state index contributed by atoms with van der Waals surface area (Å²) in [7, 11) is 0. The van der Waals surface area contributed by atoms with Crippen molar-refractivity contribution < 1.29 is 72.9 Å². The van der Waals surface area contributed by atoms with Gasteiger partial charge in [-0.15, -0.1) is 0 Å². The molecule has 330 valence electrons. The van der Waals surface area contributed by atoms with Gasteiger partial charge < -0.3 is 49.4 Å². The zero-order valence-corrected chi connectivity index (χ0v) is 35.5. The highest BCUT2D eigenvalue weighted by Crippen LogP contribution is 2.74. The Labute approximate surface area is 353 Å². The Kier molecular flexibility index (Phi) is 11.9. The monoisotopic (exact) mass is 849 g/mol. The van der Waals surface area contributed by atoms with E-state index in [9.17, 15) is 34.2 Å². The number of alkyl carbamates (subject to hydrolysis) is 1. The summed E-state index contributed by atoms with van der Waals surface area (Å²) >= 11 is 0. The number of carbonyl (C=O) groups is 6. The number of esters is 4. The number of hydrogen-bond acceptors (Lipinski definition) is 14. The van der Waals surface area contributed by atoms with Crippen molar-refractivity contribution in [2.75, 3.05) is 6.61 Å². The molecular weight excluding hydrogens is 794 g/mol. The first kappa shape index (κ1) is 45.4. The second-order valence-electron chi connectivity index (χ2n) is 18.3. The van der Waals surface area contributed by atoms with Gasteiger partial charge in [-0.3, -0.25) is 14.4 Å². The van der Waals surface area contributed by atoms with E-state index in [1.165, 1.54) is 19.1 Å². The number of aliphatic hydroxyl groups excluding tert-OH is 1. The number of hydrogen-bond donors (Lipinski definition) is 3. The third kappa shape index (κ3) is 7.61. The van der Waals surface area contributed by atoms with Gasteiger partial charge in [0.1, 0.15) is 29.5 Å². The van der Waals surface area contributed by atoms with Crippen LogP contribution in [0.1, 0.15) is 96.6 Å². The summed E-state index contributed by atoms with van der Waals surface area (Å²) in [5.41, 5.74) is -6.79. The molecule has 1 amide bonds. The molecule has 16 nitrogen and oxygen atoms in total. The molecular formula is C45H55NO15. The van der Waals surface area contributed by atoms with Crippen LogP contribution in [0, 0.1) is 22.7 Å². The molecule has 3 saturated carbocycles. The fourth-order valence-electron chi connectivity index (χ4n) is 10.4. The maximum Gasteiger partial charge on any atom is 0.408 e. The first-order valence-electron chi connectivity index (χ1n) is 20.2. The maximum absolute atomic E-state index is 15.4. The predicted octanol–water partition coefficient (Wildman–Crippen LogP) is 3.64. The lowest BCUT2D eigenvalue weighted by molar-refractivity contribution is -0.323. The Morgan fingerprint density at radius 2 is 1.52 bits per heavy atom. The van der Waals surface area contributed by atoms with Crippen molar-refractivity contribution in [2.45, 2.75) is 128 Å². The highest BCUT2D eigenvalue weighted by atomic mass is 16.6. The van der Waals surface area contributed by atoms with Gasteiger partial charge in [-0.05, 0) is 75.3 Å². The second-order valence-corrected chi connectivity index (χ2v) is 18.3. The Balaban J connectivity index is 0.00000622. The number of fused-ring (bicyclic) bond motifs is 4. The fourth-order valence-corrected chi connectivity index (χ4v) is 10.4. The molecule has 4 fully saturated rings. The van der Waals surface area contributed by atoms with E-state index < -0.39 is 112 Å². The SMILES string of the molecule is CC(=O)O[C@H]1C(=O)[C@]23C[C@H]2C[C@H]2OC[C@@]2(OC(C)=O)[C@H]3[C@H](OC(=O)c2ccccc2)[C@]2(O)C[C@H](OC(=O)[C@H](O)[C@@H](NC(=O)OC(C)(C)C)c3ccccc3)C(C)=C1C2(C)C.O. The minimum atomic E-state index is -2.25. The molecule has 16 heteroatoms. The molecule has 2 aromatic rings. The van der Waals surface area contributed by atoms with Crippen LogP contribution in [0.5, 0.6) is 0 Å². The van der Waals surface area contributed by atoms with Crippen LogP contribution in [0.3, 0.4) is 0 Å². The highest BCUT2D eigenvalue weighted by Gasteiger charge is 2.84. The van der Waals surface area contributed by atoms with Gasteiger partial charge in [0.2, 0.25) is 0 Å². The minimum Gasteiger partial charge on any atom is -0.456 e. The molecule has 0 aromatic heterocycles. The number of benzene rings is 2. The number of rotatable bonds is 9. The molecule has 4 aliphatic carbocycles. The topological polar surface area (TPSA) is 242 Å². The molecule has 1 aliphatic heterocycles. The van der Waals surface area contributed by atoms with Crippen LogP contribution in [-0.2, 0) is 47.6 Å². The summed E-state index contributed by atoms with van der Waals surface area (Å²) in [6.45, 7) is 12.0. The van der Waals surface area contributed by atoms with Gasteiger partial charge >= 0.3 is 30.0 Å². The fraction of sp³-hybridized carbons (Fsp3) is 0.556. The average molecular weight is 850 g/mol. The van der Waals surface area contributed by atoms with E-state index >= 15 is 4.79 Å². The minimum absolute atomic E-state index is 0. The Hall–Kier alpha value is -5.16. The number of amides is 1. The van der Waals surface area contributed by atoms with Crippen molar-refractivity contribution in [1.29, 1.82) is 0 Å². The molecule has 2 bridgehead atoms. The summed E-state index contributed by atoms with van der Waals surface area (Å²) in [6.07, 6.45) is -8.18. The van der Waals surface area contributed by atoms with Crippen molar-refractivity contribution >= 4 is 35.8 Å². The van der Waals surface area contributed by atoms with Gasteiger partial charge in [0.05, 0.1) is 24.1 Å². The van der Waals surface area contributed by atoms with E-state index in [-0.39, 0.29) is 41.1 Å². The van der Waals surface area contributed by atoms with Gasteiger partial charge in [0.25, 0.3) is 0 Å². The van der Waals surface area contributed by atoms with E-state index in [2.05, 4.69) is 5.32 Å². The number of ketones is 1. The van der Waals surface area contributed by atoms with E-state index in [1.807, 2.05) is 0 Å². The normalized spacial score (nSPS) is 32.8. The van der Waals surface area contributed by atoms with Crippen molar-refractivity contribution in [3.8, 4) is 0 Å². The van der Waals surface area contributed by atoms with E-state index in [0.29, 0.717) is 12.0 Å². The Bertz CT molecular complexity index is 2110. The van der Waals surface area contributed by atoms with Gasteiger partial charge in [0.15, 0.2) is 23.6 Å². The standard InChI is InChI=1S/C45H53NO14.H2O/c1-23-29(57-39(52)33(49)32(26-15-11-9-12-16-26)46-40(53)60-41(4,5)6)21-45(54)37(58-38(51)27-17-13-10-14-18-27)35-43(36(50)34(56-24(2)47)31(23)42(45,7)8)20-28(43)19-30-44(35,22-55-30)59-25(3)48;/h9-18,28-30,32-35,37,49,54H,19-22H2,1-8H3,(H,46,53);1H2/t28-,29+,30-,32+,33-,34-,35+,37+,43-,44+,45-;/m1./s1. The van der Waals surface area contributed by atoms with Crippen LogP contribution >= 0.6 is 0 Å². The molecule has 1 heterocycles. The summed E-state index contributed by atoms with van der Waals surface area (Å²) in [5, 5.41) is 27.9. The van der Waals surface area contributed by atoms with E-state index in [1.54, 1.807) is 90.1 Å². The first-order valence-corrected chi connectivity index (χ1v) is 20.2. The second kappa shape index (κ2) is 15.9. The number of carbonyl (C=O) groups excluding carboxylic acids is 6. The van der Waals surface area contributed by atoms with Crippen LogP contribution in [0.2, 0.25) is 0 Å². The number of Topliss-reactive ketones (excluding diaryl/α,β-unsaturated/α-hetero) is 1. The summed E-state index contributed by atoms with van der Waals surface area (Å²) < 4.78 is 36.0. The molecule has 0 radical (unpaired) electrons. The van der Waals surface area contributed by atoms with Gasteiger partial charge in [-0.2, -0.15) is 0 Å². The number of ether oxygens (including phenoxy) is 6. The van der Waals surface area contributed by atoms with Crippen molar-refractivity contribution in [3.63, 3.8) is 0 Å².